The smallest absolute Gasteiger partial charge is 0.0865 e. The van der Waals surface area contributed by atoms with Crippen molar-refractivity contribution in [2.75, 3.05) is 5.73 Å². The fraction of sp³-hybridized carbons (Fsp3) is 0.333. The summed E-state index contributed by atoms with van der Waals surface area (Å²) in [6.45, 7) is 7.82. The van der Waals surface area contributed by atoms with Crippen LogP contribution in [0.5, 0.6) is 0 Å². The van der Waals surface area contributed by atoms with E-state index in [0.717, 1.165) is 28.1 Å². The second-order valence-corrected chi connectivity index (χ2v) is 4.71. The van der Waals surface area contributed by atoms with E-state index < -0.39 is 0 Å². The lowest BCUT2D eigenvalue weighted by molar-refractivity contribution is 1.45. The Morgan fingerprint density at radius 1 is 1.00 bits per heavy atom. The van der Waals surface area contributed by atoms with Gasteiger partial charge in [0, 0.05) is 11.4 Å². The summed E-state index contributed by atoms with van der Waals surface area (Å²) in [6, 6.07) is 3.80. The molecule has 86 valence electrons. The van der Waals surface area contributed by atoms with E-state index in [4.69, 9.17) is 5.73 Å². The van der Waals surface area contributed by atoms with Crippen LogP contribution < -0.4 is 11.0 Å². The molecule has 4 heteroatoms. The number of hydrogen-bond donors (Lipinski definition) is 1. The minimum Gasteiger partial charge on any atom is -0.397 e. The maximum atomic E-state index is 5.93. The van der Waals surface area contributed by atoms with E-state index in [1.165, 1.54) is 0 Å². The maximum absolute atomic E-state index is 5.93. The number of nitrogens with zero attached hydrogens (tertiary/aromatic N) is 2. The first-order valence-electron chi connectivity index (χ1n) is 5.13. The molecule has 0 aromatic heterocycles. The molecule has 0 bridgehead atoms. The third-order valence-corrected chi connectivity index (χ3v) is 2.33. The largest absolute Gasteiger partial charge is 0.397 e. The summed E-state index contributed by atoms with van der Waals surface area (Å²) in [5.74, 6) is 0. The van der Waals surface area contributed by atoms with Crippen molar-refractivity contribution in [2.45, 2.75) is 27.7 Å². The molecule has 0 saturated carbocycles. The van der Waals surface area contributed by atoms with Gasteiger partial charge in [-0.3, -0.25) is 9.98 Å². The van der Waals surface area contributed by atoms with Crippen LogP contribution in [-0.4, -0.2) is 11.4 Å². The van der Waals surface area contributed by atoms with Crippen LogP contribution in [-0.2, 0) is 0 Å². The summed E-state index contributed by atoms with van der Waals surface area (Å²) in [5, 5.41) is 1.01. The van der Waals surface area contributed by atoms with Gasteiger partial charge in [0.25, 0.3) is 0 Å². The molecule has 0 spiro atoms. The Morgan fingerprint density at radius 2 is 1.50 bits per heavy atom. The van der Waals surface area contributed by atoms with Gasteiger partial charge >= 0.3 is 0 Å². The molecule has 1 aromatic carbocycles. The van der Waals surface area contributed by atoms with Crippen LogP contribution in [0.1, 0.15) is 27.7 Å². The highest BCUT2D eigenvalue weighted by molar-refractivity contribution is 7.28. The van der Waals surface area contributed by atoms with E-state index in [9.17, 15) is 0 Å². The first-order valence-corrected chi connectivity index (χ1v) is 5.70. The SMILES string of the molecule is CC(C)=Nc1cc(P)c(N=C(C)C)cc1N. The fourth-order valence-corrected chi connectivity index (χ4v) is 1.59. The summed E-state index contributed by atoms with van der Waals surface area (Å²) in [5.41, 5.74) is 10.3. The van der Waals surface area contributed by atoms with E-state index in [-0.39, 0.29) is 0 Å². The van der Waals surface area contributed by atoms with Gasteiger partial charge in [0.05, 0.1) is 17.1 Å². The minimum absolute atomic E-state index is 0.660. The molecule has 1 aromatic rings. The third kappa shape index (κ3) is 3.42. The molecule has 0 amide bonds. The Kier molecular flexibility index (Phi) is 4.19. The predicted molar refractivity (Wildman–Crippen MR) is 77.1 cm³/mol. The van der Waals surface area contributed by atoms with Gasteiger partial charge in [-0.05, 0) is 45.1 Å². The maximum Gasteiger partial charge on any atom is 0.0865 e. The first-order chi connectivity index (χ1) is 7.40. The Bertz CT molecular complexity index is 410. The normalized spacial score (nSPS) is 9.81. The zero-order valence-electron chi connectivity index (χ0n) is 10.2. The van der Waals surface area contributed by atoms with Crippen molar-refractivity contribution in [3.05, 3.63) is 12.1 Å². The lowest BCUT2D eigenvalue weighted by Gasteiger charge is -2.06. The number of nitrogen functional groups attached to an aromatic ring is 1. The van der Waals surface area contributed by atoms with E-state index >= 15 is 0 Å². The molecule has 1 rings (SSSR count). The zero-order valence-corrected chi connectivity index (χ0v) is 11.4. The molecule has 2 N–H and O–H groups in total. The standard InChI is InChI=1S/C12H18N3P/c1-7(2)14-10-6-12(16)11(5-9(10)13)15-8(3)4/h5-6H,13,16H2,1-4H3. The Morgan fingerprint density at radius 3 is 2.00 bits per heavy atom. The van der Waals surface area contributed by atoms with Crippen molar-refractivity contribution >= 4 is 43.0 Å². The molecule has 0 aliphatic heterocycles. The lowest BCUT2D eigenvalue weighted by atomic mass is 10.2. The molecule has 3 nitrogen and oxygen atoms in total. The van der Waals surface area contributed by atoms with Crippen LogP contribution in [0, 0.1) is 0 Å². The average Bonchev–Trinajstić information content (AvgIpc) is 2.11. The molecule has 1 unspecified atom stereocenters. The summed E-state index contributed by atoms with van der Waals surface area (Å²) in [6.07, 6.45) is 0. The van der Waals surface area contributed by atoms with E-state index in [1.807, 2.05) is 39.8 Å². The van der Waals surface area contributed by atoms with Gasteiger partial charge in [-0.2, -0.15) is 0 Å². The van der Waals surface area contributed by atoms with Crippen molar-refractivity contribution in [1.82, 2.24) is 0 Å². The fourth-order valence-electron chi connectivity index (χ4n) is 1.28. The lowest BCUT2D eigenvalue weighted by Crippen LogP contribution is -1.97. The third-order valence-electron chi connectivity index (χ3n) is 1.86. The van der Waals surface area contributed by atoms with Crippen LogP contribution in [0.3, 0.4) is 0 Å². The van der Waals surface area contributed by atoms with Gasteiger partial charge < -0.3 is 5.73 Å². The molecular weight excluding hydrogens is 217 g/mol. The minimum atomic E-state index is 0.660. The topological polar surface area (TPSA) is 50.7 Å². The molecule has 16 heavy (non-hydrogen) atoms. The van der Waals surface area contributed by atoms with E-state index in [0.29, 0.717) is 5.69 Å². The summed E-state index contributed by atoms with van der Waals surface area (Å²) in [4.78, 5) is 8.78. The molecule has 0 fully saturated rings. The highest BCUT2D eigenvalue weighted by Gasteiger charge is 2.03. The molecular formula is C12H18N3P. The van der Waals surface area contributed by atoms with Crippen LogP contribution in [0.2, 0.25) is 0 Å². The van der Waals surface area contributed by atoms with Crippen LogP contribution >= 0.6 is 9.24 Å². The monoisotopic (exact) mass is 235 g/mol. The summed E-state index contributed by atoms with van der Waals surface area (Å²) < 4.78 is 0. The van der Waals surface area contributed by atoms with Crippen molar-refractivity contribution in [1.29, 1.82) is 0 Å². The van der Waals surface area contributed by atoms with Gasteiger partial charge in [0.15, 0.2) is 0 Å². The molecule has 1 atom stereocenters. The van der Waals surface area contributed by atoms with Gasteiger partial charge in [-0.25, -0.2) is 0 Å². The Balaban J connectivity index is 3.27. The predicted octanol–water partition coefficient (Wildman–Crippen LogP) is 2.99. The van der Waals surface area contributed by atoms with Gasteiger partial charge in [0.2, 0.25) is 0 Å². The number of rotatable bonds is 2. The van der Waals surface area contributed by atoms with Gasteiger partial charge in [0.1, 0.15) is 0 Å². The Labute approximate surface area is 99.1 Å². The van der Waals surface area contributed by atoms with Gasteiger partial charge in [-0.1, -0.05) is 0 Å². The van der Waals surface area contributed by atoms with Crippen LogP contribution in [0.4, 0.5) is 17.1 Å². The number of anilines is 1. The number of aliphatic imine (C=N–C) groups is 2. The second kappa shape index (κ2) is 5.22. The zero-order chi connectivity index (χ0) is 12.3. The Hall–Kier alpha value is -1.21. The molecule has 0 heterocycles. The molecule has 0 aliphatic rings. The average molecular weight is 235 g/mol. The summed E-state index contributed by atoms with van der Waals surface area (Å²) in [7, 11) is 2.66. The van der Waals surface area contributed by atoms with Gasteiger partial charge in [-0.15, -0.1) is 9.24 Å². The van der Waals surface area contributed by atoms with E-state index in [2.05, 4.69) is 19.2 Å². The van der Waals surface area contributed by atoms with Crippen LogP contribution in [0.25, 0.3) is 0 Å². The summed E-state index contributed by atoms with van der Waals surface area (Å²) >= 11 is 0. The highest BCUT2D eigenvalue weighted by atomic mass is 31.0. The highest BCUT2D eigenvalue weighted by Crippen LogP contribution is 2.27. The first kappa shape index (κ1) is 12.9. The van der Waals surface area contributed by atoms with Crippen molar-refractivity contribution in [3.63, 3.8) is 0 Å². The van der Waals surface area contributed by atoms with Crippen molar-refractivity contribution < 1.29 is 0 Å². The number of benzene rings is 1. The molecule has 0 aliphatic carbocycles. The van der Waals surface area contributed by atoms with Crippen molar-refractivity contribution in [3.8, 4) is 0 Å². The van der Waals surface area contributed by atoms with Crippen LogP contribution in [0.15, 0.2) is 22.1 Å². The van der Waals surface area contributed by atoms with Crippen molar-refractivity contribution in [2.24, 2.45) is 9.98 Å². The number of hydrogen-bond acceptors (Lipinski definition) is 3. The van der Waals surface area contributed by atoms with E-state index in [1.54, 1.807) is 0 Å². The number of nitrogens with two attached hydrogens (primary N) is 1. The quantitative estimate of drug-likeness (QED) is 0.478. The molecule has 0 saturated heterocycles. The second-order valence-electron chi connectivity index (χ2n) is 4.09. The molecule has 0 radical (unpaired) electrons.